The van der Waals surface area contributed by atoms with Gasteiger partial charge in [0.25, 0.3) is 0 Å². The van der Waals surface area contributed by atoms with Crippen LogP contribution in [0.25, 0.3) is 10.2 Å². The van der Waals surface area contributed by atoms with Crippen molar-refractivity contribution >= 4 is 27.5 Å². The fourth-order valence-corrected chi connectivity index (χ4v) is 3.29. The average Bonchev–Trinajstić information content (AvgIpc) is 3.02. The number of hydrogen-bond acceptors (Lipinski definition) is 4. The molecule has 0 atom stereocenters. The SMILES string of the molecule is CCOC(=O)c1c(C)ccn1Cc1nc2ccccc2s1. The Bertz CT molecular complexity index is 756. The third-order valence-corrected chi connectivity index (χ3v) is 4.30. The van der Waals surface area contributed by atoms with Gasteiger partial charge < -0.3 is 9.30 Å². The minimum Gasteiger partial charge on any atom is -0.461 e. The van der Waals surface area contributed by atoms with Crippen molar-refractivity contribution in [2.24, 2.45) is 0 Å². The minimum atomic E-state index is -0.277. The number of carbonyl (C=O) groups is 1. The van der Waals surface area contributed by atoms with E-state index >= 15 is 0 Å². The number of nitrogens with zero attached hydrogens (tertiary/aromatic N) is 2. The van der Waals surface area contributed by atoms with Gasteiger partial charge in [-0.05, 0) is 37.6 Å². The number of thiazole rings is 1. The first-order valence-electron chi connectivity index (χ1n) is 6.86. The molecule has 0 bridgehead atoms. The molecular weight excluding hydrogens is 284 g/mol. The van der Waals surface area contributed by atoms with Crippen LogP contribution in [0.5, 0.6) is 0 Å². The molecule has 3 rings (SSSR count). The standard InChI is InChI=1S/C16H16N2O2S/c1-3-20-16(19)15-11(2)8-9-18(15)10-14-17-12-6-4-5-7-13(12)21-14/h4-9H,3,10H2,1-2H3. The number of para-hydroxylation sites is 1. The molecule has 5 heteroatoms. The third kappa shape index (κ3) is 2.69. The molecule has 1 aromatic carbocycles. The van der Waals surface area contributed by atoms with Crippen LogP contribution in [0.3, 0.4) is 0 Å². The van der Waals surface area contributed by atoms with Gasteiger partial charge in [0.05, 0.1) is 23.4 Å². The molecule has 0 saturated heterocycles. The summed E-state index contributed by atoms with van der Waals surface area (Å²) in [4.78, 5) is 16.7. The van der Waals surface area contributed by atoms with Gasteiger partial charge in [-0.15, -0.1) is 11.3 Å². The van der Waals surface area contributed by atoms with Crippen LogP contribution >= 0.6 is 11.3 Å². The fraction of sp³-hybridized carbons (Fsp3) is 0.250. The molecule has 21 heavy (non-hydrogen) atoms. The number of esters is 1. The van der Waals surface area contributed by atoms with Crippen molar-refractivity contribution in [1.82, 2.24) is 9.55 Å². The van der Waals surface area contributed by atoms with Gasteiger partial charge in [-0.3, -0.25) is 0 Å². The highest BCUT2D eigenvalue weighted by Crippen LogP contribution is 2.23. The normalized spacial score (nSPS) is 11.0. The Morgan fingerprint density at radius 1 is 1.33 bits per heavy atom. The summed E-state index contributed by atoms with van der Waals surface area (Å²) in [6.45, 7) is 4.70. The van der Waals surface area contributed by atoms with Crippen molar-refractivity contribution < 1.29 is 9.53 Å². The Balaban J connectivity index is 1.92. The Labute approximate surface area is 127 Å². The fourth-order valence-electron chi connectivity index (χ4n) is 2.32. The van der Waals surface area contributed by atoms with Crippen LogP contribution in [0.2, 0.25) is 0 Å². The van der Waals surface area contributed by atoms with Gasteiger partial charge in [0.2, 0.25) is 0 Å². The molecule has 3 aromatic rings. The summed E-state index contributed by atoms with van der Waals surface area (Å²) in [5, 5.41) is 0.984. The largest absolute Gasteiger partial charge is 0.461 e. The molecule has 2 aromatic heterocycles. The molecule has 0 fully saturated rings. The zero-order valence-electron chi connectivity index (χ0n) is 12.0. The molecule has 108 valence electrons. The second-order valence-electron chi connectivity index (χ2n) is 4.77. The van der Waals surface area contributed by atoms with Crippen LogP contribution in [-0.4, -0.2) is 22.1 Å². The van der Waals surface area contributed by atoms with E-state index in [0.29, 0.717) is 18.8 Å². The van der Waals surface area contributed by atoms with Gasteiger partial charge in [-0.1, -0.05) is 12.1 Å². The molecule has 0 aliphatic carbocycles. The monoisotopic (exact) mass is 300 g/mol. The number of aromatic nitrogens is 2. The lowest BCUT2D eigenvalue weighted by Gasteiger charge is -2.07. The molecule has 0 unspecified atom stereocenters. The van der Waals surface area contributed by atoms with Gasteiger partial charge in [-0.25, -0.2) is 9.78 Å². The van der Waals surface area contributed by atoms with E-state index in [2.05, 4.69) is 11.1 Å². The minimum absolute atomic E-state index is 0.277. The molecule has 0 aliphatic rings. The zero-order valence-corrected chi connectivity index (χ0v) is 12.8. The van der Waals surface area contributed by atoms with E-state index in [1.807, 2.05) is 48.9 Å². The van der Waals surface area contributed by atoms with E-state index in [-0.39, 0.29) is 5.97 Å². The summed E-state index contributed by atoms with van der Waals surface area (Å²) in [6, 6.07) is 9.98. The number of ether oxygens (including phenoxy) is 1. The smallest absolute Gasteiger partial charge is 0.355 e. The van der Waals surface area contributed by atoms with Crippen LogP contribution in [-0.2, 0) is 11.3 Å². The van der Waals surface area contributed by atoms with Gasteiger partial charge in [0.1, 0.15) is 10.7 Å². The van der Waals surface area contributed by atoms with Crippen LogP contribution in [0, 0.1) is 6.92 Å². The Morgan fingerprint density at radius 2 is 2.14 bits per heavy atom. The first-order valence-corrected chi connectivity index (χ1v) is 7.68. The third-order valence-electron chi connectivity index (χ3n) is 3.28. The van der Waals surface area contributed by atoms with Crippen LogP contribution in [0.15, 0.2) is 36.5 Å². The van der Waals surface area contributed by atoms with Gasteiger partial charge in [0.15, 0.2) is 0 Å². The van der Waals surface area contributed by atoms with Crippen molar-refractivity contribution in [3.8, 4) is 0 Å². The topological polar surface area (TPSA) is 44.1 Å². The summed E-state index contributed by atoms with van der Waals surface area (Å²) in [7, 11) is 0. The van der Waals surface area contributed by atoms with Crippen molar-refractivity contribution in [2.45, 2.75) is 20.4 Å². The summed E-state index contributed by atoms with van der Waals surface area (Å²) >= 11 is 1.65. The Kier molecular flexibility index (Phi) is 3.75. The maximum atomic E-state index is 12.0. The summed E-state index contributed by atoms with van der Waals surface area (Å²) in [5.74, 6) is -0.277. The van der Waals surface area contributed by atoms with Crippen molar-refractivity contribution in [3.63, 3.8) is 0 Å². The Hall–Kier alpha value is -2.14. The van der Waals surface area contributed by atoms with E-state index in [1.54, 1.807) is 11.3 Å². The van der Waals surface area contributed by atoms with Gasteiger partial charge in [-0.2, -0.15) is 0 Å². The first kappa shape index (κ1) is 13.8. The Morgan fingerprint density at radius 3 is 2.90 bits per heavy atom. The van der Waals surface area contributed by atoms with Crippen LogP contribution in [0.1, 0.15) is 28.0 Å². The maximum Gasteiger partial charge on any atom is 0.355 e. The number of rotatable bonds is 4. The predicted octanol–water partition coefficient (Wildman–Crippen LogP) is 3.63. The summed E-state index contributed by atoms with van der Waals surface area (Å²) < 4.78 is 8.20. The molecule has 0 N–H and O–H groups in total. The molecule has 0 spiro atoms. The zero-order chi connectivity index (χ0) is 14.8. The van der Waals surface area contributed by atoms with Gasteiger partial charge in [0, 0.05) is 6.20 Å². The second kappa shape index (κ2) is 5.69. The van der Waals surface area contributed by atoms with E-state index in [9.17, 15) is 4.79 Å². The number of fused-ring (bicyclic) bond motifs is 1. The summed E-state index contributed by atoms with van der Waals surface area (Å²) in [6.07, 6.45) is 1.91. The number of carbonyl (C=O) groups excluding carboxylic acids is 1. The molecule has 0 aliphatic heterocycles. The first-order chi connectivity index (χ1) is 10.2. The lowest BCUT2D eigenvalue weighted by atomic mass is 10.3. The van der Waals surface area contributed by atoms with E-state index < -0.39 is 0 Å². The van der Waals surface area contributed by atoms with Crippen molar-refractivity contribution in [3.05, 3.63) is 52.8 Å². The highest BCUT2D eigenvalue weighted by molar-refractivity contribution is 7.18. The molecule has 0 amide bonds. The molecule has 2 heterocycles. The van der Waals surface area contributed by atoms with Gasteiger partial charge >= 0.3 is 5.97 Å². The summed E-state index contributed by atoms with van der Waals surface area (Å²) in [5.41, 5.74) is 2.53. The second-order valence-corrected chi connectivity index (χ2v) is 5.89. The number of aryl methyl sites for hydroxylation is 1. The predicted molar refractivity (Wildman–Crippen MR) is 83.8 cm³/mol. The highest BCUT2D eigenvalue weighted by atomic mass is 32.1. The molecule has 0 radical (unpaired) electrons. The lowest BCUT2D eigenvalue weighted by molar-refractivity contribution is 0.0513. The maximum absolute atomic E-state index is 12.0. The number of hydrogen-bond donors (Lipinski definition) is 0. The molecular formula is C16H16N2O2S. The van der Waals surface area contributed by atoms with Crippen LogP contribution in [0.4, 0.5) is 0 Å². The van der Waals surface area contributed by atoms with E-state index in [0.717, 1.165) is 20.8 Å². The van der Waals surface area contributed by atoms with E-state index in [4.69, 9.17) is 4.74 Å². The molecule has 4 nitrogen and oxygen atoms in total. The highest BCUT2D eigenvalue weighted by Gasteiger charge is 2.16. The van der Waals surface area contributed by atoms with E-state index in [1.165, 1.54) is 0 Å². The van der Waals surface area contributed by atoms with Crippen molar-refractivity contribution in [1.29, 1.82) is 0 Å². The van der Waals surface area contributed by atoms with Crippen molar-refractivity contribution in [2.75, 3.05) is 6.61 Å². The lowest BCUT2D eigenvalue weighted by Crippen LogP contribution is -2.13. The van der Waals surface area contributed by atoms with Crippen LogP contribution < -0.4 is 0 Å². The number of benzene rings is 1. The quantitative estimate of drug-likeness (QED) is 0.691. The average molecular weight is 300 g/mol. The molecule has 0 saturated carbocycles.